The minimum absolute atomic E-state index is 0.553. The normalized spacial score (nSPS) is 20.2. The molecule has 0 bridgehead atoms. The van der Waals surface area contributed by atoms with Crippen molar-refractivity contribution in [1.82, 2.24) is 14.6 Å². The van der Waals surface area contributed by atoms with Crippen LogP contribution in [0, 0.1) is 5.92 Å². The van der Waals surface area contributed by atoms with Crippen molar-refractivity contribution >= 4 is 5.65 Å². The first kappa shape index (κ1) is 11.5. The molecule has 18 heavy (non-hydrogen) atoms. The lowest BCUT2D eigenvalue weighted by molar-refractivity contribution is 0.0542. The van der Waals surface area contributed by atoms with Crippen LogP contribution in [0.5, 0.6) is 5.75 Å². The molecule has 2 aromatic rings. The van der Waals surface area contributed by atoms with Crippen LogP contribution >= 0.6 is 0 Å². The van der Waals surface area contributed by atoms with E-state index in [1.165, 1.54) is 6.42 Å². The van der Waals surface area contributed by atoms with Gasteiger partial charge in [0.05, 0.1) is 7.11 Å². The molecule has 5 nitrogen and oxygen atoms in total. The zero-order chi connectivity index (χ0) is 12.4. The summed E-state index contributed by atoms with van der Waals surface area (Å²) in [6.45, 7) is 1.73. The Bertz CT molecular complexity index is 532. The Labute approximate surface area is 106 Å². The van der Waals surface area contributed by atoms with Crippen LogP contribution in [0.3, 0.4) is 0 Å². The Balaban J connectivity index is 1.88. The fourth-order valence-corrected chi connectivity index (χ4v) is 2.46. The molecule has 0 radical (unpaired) electrons. The molecule has 1 saturated heterocycles. The quantitative estimate of drug-likeness (QED) is 0.828. The minimum Gasteiger partial charge on any atom is -0.493 e. The monoisotopic (exact) mass is 247 g/mol. The van der Waals surface area contributed by atoms with Crippen LogP contribution in [-0.2, 0) is 11.2 Å². The Morgan fingerprint density at radius 1 is 1.50 bits per heavy atom. The third-order valence-corrected chi connectivity index (χ3v) is 3.42. The molecule has 0 saturated carbocycles. The van der Waals surface area contributed by atoms with Crippen molar-refractivity contribution in [2.45, 2.75) is 19.3 Å². The Morgan fingerprint density at radius 2 is 2.44 bits per heavy atom. The summed E-state index contributed by atoms with van der Waals surface area (Å²) in [6.07, 6.45) is 5.24. The zero-order valence-electron chi connectivity index (χ0n) is 10.5. The standard InChI is InChI=1S/C13H17N3O2/c1-17-11-5-2-6-16-12(14-15-13(11)16)8-10-4-3-7-18-9-10/h2,5-6,10H,3-4,7-9H2,1H3. The smallest absolute Gasteiger partial charge is 0.203 e. The van der Waals surface area contributed by atoms with Gasteiger partial charge in [-0.25, -0.2) is 0 Å². The third kappa shape index (κ3) is 2.06. The first-order valence-electron chi connectivity index (χ1n) is 6.33. The Morgan fingerprint density at radius 3 is 3.22 bits per heavy atom. The SMILES string of the molecule is COc1cccn2c(CC3CCCOC3)nnc12. The predicted molar refractivity (Wildman–Crippen MR) is 66.8 cm³/mol. The van der Waals surface area contributed by atoms with E-state index < -0.39 is 0 Å². The first-order valence-corrected chi connectivity index (χ1v) is 6.33. The number of aromatic nitrogens is 3. The summed E-state index contributed by atoms with van der Waals surface area (Å²) in [5, 5.41) is 8.48. The molecular formula is C13H17N3O2. The maximum Gasteiger partial charge on any atom is 0.203 e. The summed E-state index contributed by atoms with van der Waals surface area (Å²) in [5.74, 6) is 2.30. The van der Waals surface area contributed by atoms with Crippen LogP contribution in [0.25, 0.3) is 5.65 Å². The van der Waals surface area contributed by atoms with Gasteiger partial charge in [0.2, 0.25) is 5.65 Å². The molecule has 1 fully saturated rings. The van der Waals surface area contributed by atoms with Crippen molar-refractivity contribution in [2.24, 2.45) is 5.92 Å². The van der Waals surface area contributed by atoms with E-state index in [0.29, 0.717) is 5.92 Å². The van der Waals surface area contributed by atoms with Crippen LogP contribution in [0.15, 0.2) is 18.3 Å². The average Bonchev–Trinajstić information content (AvgIpc) is 2.83. The van der Waals surface area contributed by atoms with Gasteiger partial charge in [-0.3, -0.25) is 4.40 Å². The molecule has 1 atom stereocenters. The summed E-state index contributed by atoms with van der Waals surface area (Å²) in [5.41, 5.74) is 0.784. The summed E-state index contributed by atoms with van der Waals surface area (Å²) in [6, 6.07) is 3.85. The Hall–Kier alpha value is -1.62. The van der Waals surface area contributed by atoms with Crippen LogP contribution in [0.1, 0.15) is 18.7 Å². The van der Waals surface area contributed by atoms with Gasteiger partial charge >= 0.3 is 0 Å². The summed E-state index contributed by atoms with van der Waals surface area (Å²) in [7, 11) is 1.65. The van der Waals surface area contributed by atoms with E-state index in [2.05, 4.69) is 10.2 Å². The van der Waals surface area contributed by atoms with E-state index in [0.717, 1.165) is 43.3 Å². The molecule has 0 aromatic carbocycles. The van der Waals surface area contributed by atoms with E-state index >= 15 is 0 Å². The summed E-state index contributed by atoms with van der Waals surface area (Å²) in [4.78, 5) is 0. The number of methoxy groups -OCH3 is 1. The highest BCUT2D eigenvalue weighted by Gasteiger charge is 2.18. The third-order valence-electron chi connectivity index (χ3n) is 3.42. The number of hydrogen-bond donors (Lipinski definition) is 0. The average molecular weight is 247 g/mol. The predicted octanol–water partition coefficient (Wildman–Crippen LogP) is 1.71. The van der Waals surface area contributed by atoms with E-state index in [9.17, 15) is 0 Å². The van der Waals surface area contributed by atoms with Gasteiger partial charge in [0.15, 0.2) is 5.75 Å². The molecule has 2 aromatic heterocycles. The highest BCUT2D eigenvalue weighted by Crippen LogP contribution is 2.21. The highest BCUT2D eigenvalue weighted by molar-refractivity contribution is 5.53. The molecule has 1 aliphatic rings. The molecule has 3 heterocycles. The second kappa shape index (κ2) is 4.94. The summed E-state index contributed by atoms with van der Waals surface area (Å²) >= 11 is 0. The maximum absolute atomic E-state index is 5.51. The highest BCUT2D eigenvalue weighted by atomic mass is 16.5. The van der Waals surface area contributed by atoms with Crippen molar-refractivity contribution in [3.63, 3.8) is 0 Å². The van der Waals surface area contributed by atoms with Crippen LogP contribution in [0.4, 0.5) is 0 Å². The van der Waals surface area contributed by atoms with Crippen molar-refractivity contribution in [1.29, 1.82) is 0 Å². The van der Waals surface area contributed by atoms with Crippen molar-refractivity contribution in [3.8, 4) is 5.75 Å². The van der Waals surface area contributed by atoms with Crippen molar-refractivity contribution in [2.75, 3.05) is 20.3 Å². The van der Waals surface area contributed by atoms with Gasteiger partial charge in [-0.15, -0.1) is 10.2 Å². The van der Waals surface area contributed by atoms with Gasteiger partial charge in [0, 0.05) is 25.8 Å². The summed E-state index contributed by atoms with van der Waals surface area (Å²) < 4.78 is 12.8. The lowest BCUT2D eigenvalue weighted by Crippen LogP contribution is -2.20. The fourth-order valence-electron chi connectivity index (χ4n) is 2.46. The molecule has 0 N–H and O–H groups in total. The van der Waals surface area contributed by atoms with Crippen molar-refractivity contribution < 1.29 is 9.47 Å². The minimum atomic E-state index is 0.553. The number of rotatable bonds is 3. The van der Waals surface area contributed by atoms with Crippen LogP contribution in [0.2, 0.25) is 0 Å². The van der Waals surface area contributed by atoms with E-state index in [1.54, 1.807) is 7.11 Å². The van der Waals surface area contributed by atoms with Gasteiger partial charge in [-0.2, -0.15) is 0 Å². The van der Waals surface area contributed by atoms with Crippen LogP contribution < -0.4 is 4.74 Å². The number of nitrogens with zero attached hydrogens (tertiary/aromatic N) is 3. The van der Waals surface area contributed by atoms with E-state index in [1.807, 2.05) is 22.7 Å². The topological polar surface area (TPSA) is 48.7 Å². The lowest BCUT2D eigenvalue weighted by Gasteiger charge is -2.21. The Kier molecular flexibility index (Phi) is 3.15. The van der Waals surface area contributed by atoms with E-state index in [4.69, 9.17) is 9.47 Å². The van der Waals surface area contributed by atoms with Gasteiger partial charge in [0.1, 0.15) is 5.82 Å². The molecule has 3 rings (SSSR count). The molecule has 1 aliphatic heterocycles. The molecule has 1 unspecified atom stereocenters. The molecular weight excluding hydrogens is 230 g/mol. The van der Waals surface area contributed by atoms with Gasteiger partial charge in [-0.05, 0) is 30.9 Å². The second-order valence-corrected chi connectivity index (χ2v) is 4.67. The molecule has 5 heteroatoms. The molecule has 0 spiro atoms. The lowest BCUT2D eigenvalue weighted by atomic mass is 9.98. The van der Waals surface area contributed by atoms with Gasteiger partial charge in [0.25, 0.3) is 0 Å². The number of ether oxygens (including phenoxy) is 2. The van der Waals surface area contributed by atoms with Crippen molar-refractivity contribution in [3.05, 3.63) is 24.2 Å². The van der Waals surface area contributed by atoms with Gasteiger partial charge in [-0.1, -0.05) is 0 Å². The molecule has 0 amide bonds. The molecule has 96 valence electrons. The second-order valence-electron chi connectivity index (χ2n) is 4.67. The largest absolute Gasteiger partial charge is 0.493 e. The fraction of sp³-hybridized carbons (Fsp3) is 0.538. The first-order chi connectivity index (χ1) is 8.88. The zero-order valence-corrected chi connectivity index (χ0v) is 10.5. The number of hydrogen-bond acceptors (Lipinski definition) is 4. The molecule has 0 aliphatic carbocycles. The van der Waals surface area contributed by atoms with E-state index in [-0.39, 0.29) is 0 Å². The van der Waals surface area contributed by atoms with Gasteiger partial charge < -0.3 is 9.47 Å². The van der Waals surface area contributed by atoms with Crippen LogP contribution in [-0.4, -0.2) is 34.9 Å². The number of pyridine rings is 1. The number of fused-ring (bicyclic) bond motifs is 1. The maximum atomic E-state index is 5.51.